The van der Waals surface area contributed by atoms with Crippen LogP contribution in [-0.2, 0) is 9.47 Å². The fourth-order valence-electron chi connectivity index (χ4n) is 2.69. The van der Waals surface area contributed by atoms with Gasteiger partial charge in [0.1, 0.15) is 17.0 Å². The van der Waals surface area contributed by atoms with Crippen LogP contribution in [0.25, 0.3) is 0 Å². The van der Waals surface area contributed by atoms with Gasteiger partial charge in [-0.05, 0) is 49.7 Å². The topological polar surface area (TPSA) is 72.0 Å². The van der Waals surface area contributed by atoms with E-state index in [2.05, 4.69) is 20.9 Å². The fourth-order valence-corrected chi connectivity index (χ4v) is 3.02. The third-order valence-electron chi connectivity index (χ3n) is 3.79. The summed E-state index contributed by atoms with van der Waals surface area (Å²) in [6.45, 7) is 9.10. The molecule has 1 atom stereocenters. The number of amides is 1. The van der Waals surface area contributed by atoms with Gasteiger partial charge >= 0.3 is 12.1 Å². The lowest BCUT2D eigenvalue weighted by atomic mass is 10.1. The zero-order valence-electron chi connectivity index (χ0n) is 15.2. The Bertz CT molecular complexity index is 660. The predicted octanol–water partition coefficient (Wildman–Crippen LogP) is 3.08. The first-order chi connectivity index (χ1) is 11.6. The number of esters is 1. The molecule has 0 N–H and O–H groups in total. The molecule has 1 aromatic heterocycles. The summed E-state index contributed by atoms with van der Waals surface area (Å²) in [6.07, 6.45) is 1.32. The molecule has 0 aromatic carbocycles. The summed E-state index contributed by atoms with van der Waals surface area (Å²) in [5.74, 6) is 0.122. The van der Waals surface area contributed by atoms with Crippen LogP contribution in [0.5, 0.6) is 0 Å². The molecule has 138 valence electrons. The van der Waals surface area contributed by atoms with Crippen molar-refractivity contribution in [1.29, 1.82) is 0 Å². The number of hydrogen-bond acceptors (Lipinski definition) is 6. The zero-order valence-corrected chi connectivity index (χ0v) is 16.8. The molecule has 1 aliphatic rings. The van der Waals surface area contributed by atoms with E-state index in [1.807, 2.05) is 32.6 Å². The molecule has 25 heavy (non-hydrogen) atoms. The van der Waals surface area contributed by atoms with Gasteiger partial charge in [-0.1, -0.05) is 0 Å². The number of carbonyl (C=O) groups excluding carboxylic acids is 2. The van der Waals surface area contributed by atoms with Gasteiger partial charge in [-0.2, -0.15) is 0 Å². The number of nitrogens with zero attached hydrogens (tertiary/aromatic N) is 3. The van der Waals surface area contributed by atoms with E-state index in [1.165, 1.54) is 7.11 Å². The van der Waals surface area contributed by atoms with Gasteiger partial charge in [0.2, 0.25) is 0 Å². The Morgan fingerprint density at radius 3 is 2.56 bits per heavy atom. The highest BCUT2D eigenvalue weighted by Crippen LogP contribution is 2.25. The SMILES string of the molecule is COC(=O)c1cc(Br)cnc1N1CCN(C(=O)OC(C)(C)C)[C@@H](C)C1. The number of halogens is 1. The van der Waals surface area contributed by atoms with Crippen molar-refractivity contribution in [2.75, 3.05) is 31.6 Å². The number of methoxy groups -OCH3 is 1. The first-order valence-corrected chi connectivity index (χ1v) is 8.90. The molecule has 0 bridgehead atoms. The van der Waals surface area contributed by atoms with Crippen LogP contribution in [0, 0.1) is 0 Å². The predicted molar refractivity (Wildman–Crippen MR) is 97.9 cm³/mol. The number of piperazine rings is 1. The number of aromatic nitrogens is 1. The molecule has 2 rings (SSSR count). The van der Waals surface area contributed by atoms with E-state index in [9.17, 15) is 9.59 Å². The monoisotopic (exact) mass is 413 g/mol. The largest absolute Gasteiger partial charge is 0.465 e. The lowest BCUT2D eigenvalue weighted by Gasteiger charge is -2.41. The summed E-state index contributed by atoms with van der Waals surface area (Å²) in [6, 6.07) is 1.62. The van der Waals surface area contributed by atoms with Crippen LogP contribution in [0.2, 0.25) is 0 Å². The number of rotatable bonds is 2. The molecular formula is C17H24BrN3O4. The van der Waals surface area contributed by atoms with E-state index in [-0.39, 0.29) is 12.1 Å². The van der Waals surface area contributed by atoms with Crippen molar-refractivity contribution in [1.82, 2.24) is 9.88 Å². The van der Waals surface area contributed by atoms with Gasteiger partial charge in [0.15, 0.2) is 0 Å². The van der Waals surface area contributed by atoms with Crippen molar-refractivity contribution >= 4 is 33.8 Å². The Kier molecular flexibility index (Phi) is 5.92. The lowest BCUT2D eigenvalue weighted by molar-refractivity contribution is 0.0158. The normalized spacial score (nSPS) is 18.1. The minimum Gasteiger partial charge on any atom is -0.465 e. The highest BCUT2D eigenvalue weighted by Gasteiger charge is 2.32. The van der Waals surface area contributed by atoms with Crippen LogP contribution in [0.1, 0.15) is 38.1 Å². The van der Waals surface area contributed by atoms with Crippen molar-refractivity contribution in [3.05, 3.63) is 22.3 Å². The quantitative estimate of drug-likeness (QED) is 0.693. The molecule has 1 aromatic rings. The summed E-state index contributed by atoms with van der Waals surface area (Å²) < 4.78 is 11.0. The third kappa shape index (κ3) is 4.84. The van der Waals surface area contributed by atoms with Crippen molar-refractivity contribution < 1.29 is 19.1 Å². The van der Waals surface area contributed by atoms with E-state index in [0.29, 0.717) is 35.5 Å². The molecule has 0 spiro atoms. The van der Waals surface area contributed by atoms with Gasteiger partial charge in [0.05, 0.1) is 7.11 Å². The molecule has 2 heterocycles. The van der Waals surface area contributed by atoms with Crippen molar-refractivity contribution in [3.8, 4) is 0 Å². The smallest absolute Gasteiger partial charge is 0.410 e. The van der Waals surface area contributed by atoms with E-state index in [4.69, 9.17) is 9.47 Å². The van der Waals surface area contributed by atoms with Crippen LogP contribution in [0.4, 0.5) is 10.6 Å². The maximum Gasteiger partial charge on any atom is 0.410 e. The van der Waals surface area contributed by atoms with E-state index >= 15 is 0 Å². The van der Waals surface area contributed by atoms with E-state index in [0.717, 1.165) is 0 Å². The Labute approximate surface area is 156 Å². The maximum absolute atomic E-state index is 12.3. The Hall–Kier alpha value is -1.83. The molecule has 1 aliphatic heterocycles. The maximum atomic E-state index is 12.3. The average Bonchev–Trinajstić information content (AvgIpc) is 2.52. The highest BCUT2D eigenvalue weighted by atomic mass is 79.9. The van der Waals surface area contributed by atoms with Gasteiger partial charge in [0, 0.05) is 36.3 Å². The van der Waals surface area contributed by atoms with Crippen LogP contribution >= 0.6 is 15.9 Å². The molecule has 1 saturated heterocycles. The van der Waals surface area contributed by atoms with Gasteiger partial charge in [0.25, 0.3) is 0 Å². The van der Waals surface area contributed by atoms with Crippen LogP contribution in [0.15, 0.2) is 16.7 Å². The molecule has 1 fully saturated rings. The molecule has 0 aliphatic carbocycles. The molecular weight excluding hydrogens is 390 g/mol. The first kappa shape index (κ1) is 19.5. The van der Waals surface area contributed by atoms with Gasteiger partial charge in [-0.25, -0.2) is 14.6 Å². The van der Waals surface area contributed by atoms with Gasteiger partial charge in [-0.15, -0.1) is 0 Å². The molecule has 0 radical (unpaired) electrons. The van der Waals surface area contributed by atoms with E-state index < -0.39 is 11.6 Å². The molecule has 0 unspecified atom stereocenters. The molecule has 1 amide bonds. The highest BCUT2D eigenvalue weighted by molar-refractivity contribution is 9.10. The van der Waals surface area contributed by atoms with Crippen molar-refractivity contribution in [3.63, 3.8) is 0 Å². The van der Waals surface area contributed by atoms with Gasteiger partial charge < -0.3 is 19.3 Å². The first-order valence-electron chi connectivity index (χ1n) is 8.11. The summed E-state index contributed by atoms with van der Waals surface area (Å²) in [7, 11) is 1.34. The minimum absolute atomic E-state index is 0.0699. The second-order valence-electron chi connectivity index (χ2n) is 6.99. The lowest BCUT2D eigenvalue weighted by Crippen LogP contribution is -2.55. The summed E-state index contributed by atoms with van der Waals surface area (Å²) in [5, 5.41) is 0. The number of pyridine rings is 1. The minimum atomic E-state index is -0.529. The molecule has 7 nitrogen and oxygen atoms in total. The summed E-state index contributed by atoms with van der Waals surface area (Å²) >= 11 is 3.33. The Balaban J connectivity index is 2.16. The third-order valence-corrected chi connectivity index (χ3v) is 4.23. The van der Waals surface area contributed by atoms with Crippen molar-refractivity contribution in [2.24, 2.45) is 0 Å². The average molecular weight is 414 g/mol. The van der Waals surface area contributed by atoms with Gasteiger partial charge in [-0.3, -0.25) is 0 Å². The summed E-state index contributed by atoms with van der Waals surface area (Å²) in [5.41, 5.74) is -0.131. The number of ether oxygens (including phenoxy) is 2. The van der Waals surface area contributed by atoms with E-state index in [1.54, 1.807) is 17.2 Å². The second kappa shape index (κ2) is 7.59. The Morgan fingerprint density at radius 2 is 2.00 bits per heavy atom. The number of hydrogen-bond donors (Lipinski definition) is 0. The second-order valence-corrected chi connectivity index (χ2v) is 7.90. The number of anilines is 1. The van der Waals surface area contributed by atoms with Crippen molar-refractivity contribution in [2.45, 2.75) is 39.3 Å². The molecule has 0 saturated carbocycles. The van der Waals surface area contributed by atoms with Crippen LogP contribution in [0.3, 0.4) is 0 Å². The number of carbonyl (C=O) groups is 2. The Morgan fingerprint density at radius 1 is 1.32 bits per heavy atom. The summed E-state index contributed by atoms with van der Waals surface area (Å²) in [4.78, 5) is 32.4. The standard InChI is InChI=1S/C17H24BrN3O4/c1-11-10-20(6-7-21(11)16(23)25-17(2,3)4)14-13(15(22)24-5)8-12(18)9-19-14/h8-9,11H,6-7,10H2,1-5H3/t11-/m0/s1. The fraction of sp³-hybridized carbons (Fsp3) is 0.588. The van der Waals surface area contributed by atoms with Crippen LogP contribution in [-0.4, -0.2) is 60.3 Å². The van der Waals surface area contributed by atoms with Crippen LogP contribution < -0.4 is 4.90 Å². The zero-order chi connectivity index (χ0) is 18.8. The molecule has 8 heteroatoms.